The molecule has 4 fully saturated rings. The van der Waals surface area contributed by atoms with E-state index in [0.29, 0.717) is 23.9 Å². The molecule has 4 aliphatic carbocycles. The number of rotatable bonds is 3. The lowest BCUT2D eigenvalue weighted by Crippen LogP contribution is -2.53. The maximum Gasteiger partial charge on any atom is 0.102 e. The molecule has 5 nitrogen and oxygen atoms in total. The van der Waals surface area contributed by atoms with Crippen LogP contribution in [-0.2, 0) is 6.54 Å². The molecule has 31 heavy (non-hydrogen) atoms. The lowest BCUT2D eigenvalue weighted by atomic mass is 9.48. The molecular weight excluding hydrogens is 386 g/mol. The standard InChI is InChI=1S/C26H39N3O2/c1-24(30)10-8-19-18(12-24)4-5-21-20(19)9-11-25(2)22(21)6-7-23(25)26(3,31)16-29-15-17(13-27)14-28-29/h14-15,18-23,30-31H,4-12,16H2,1-3H3/t18-,19+,20-,21-,22+,23+,24-,25+,26-/m1/s1. The van der Waals surface area contributed by atoms with Crippen LogP contribution in [0.4, 0.5) is 0 Å². The van der Waals surface area contributed by atoms with E-state index < -0.39 is 11.2 Å². The van der Waals surface area contributed by atoms with E-state index in [-0.39, 0.29) is 11.3 Å². The predicted molar refractivity (Wildman–Crippen MR) is 119 cm³/mol. The van der Waals surface area contributed by atoms with Gasteiger partial charge in [0.25, 0.3) is 0 Å². The summed E-state index contributed by atoms with van der Waals surface area (Å²) < 4.78 is 1.75. The lowest BCUT2D eigenvalue weighted by molar-refractivity contribution is -0.126. The van der Waals surface area contributed by atoms with Crippen molar-refractivity contribution >= 4 is 0 Å². The highest BCUT2D eigenvalue weighted by Gasteiger charge is 2.60. The summed E-state index contributed by atoms with van der Waals surface area (Å²) >= 11 is 0. The fourth-order valence-corrected chi connectivity index (χ4v) is 9.05. The van der Waals surface area contributed by atoms with Gasteiger partial charge in [0.2, 0.25) is 0 Å². The van der Waals surface area contributed by atoms with Crippen LogP contribution in [0.15, 0.2) is 12.4 Å². The molecule has 5 rings (SSSR count). The highest BCUT2D eigenvalue weighted by atomic mass is 16.3. The minimum atomic E-state index is -0.824. The van der Waals surface area contributed by atoms with Gasteiger partial charge >= 0.3 is 0 Å². The van der Waals surface area contributed by atoms with Crippen LogP contribution in [0.2, 0.25) is 0 Å². The fraction of sp³-hybridized carbons (Fsp3) is 0.846. The van der Waals surface area contributed by atoms with E-state index in [0.717, 1.165) is 37.0 Å². The Morgan fingerprint density at radius 2 is 1.90 bits per heavy atom. The topological polar surface area (TPSA) is 82.1 Å². The maximum absolute atomic E-state index is 11.6. The first-order valence-electron chi connectivity index (χ1n) is 12.5. The summed E-state index contributed by atoms with van der Waals surface area (Å²) in [5, 5.41) is 35.6. The first kappa shape index (κ1) is 21.5. The van der Waals surface area contributed by atoms with Crippen molar-refractivity contribution in [3.05, 3.63) is 18.0 Å². The van der Waals surface area contributed by atoms with E-state index in [2.05, 4.69) is 18.1 Å². The number of nitrogens with zero attached hydrogens (tertiary/aromatic N) is 3. The second-order valence-electron chi connectivity index (χ2n) is 12.2. The average molecular weight is 426 g/mol. The zero-order valence-corrected chi connectivity index (χ0v) is 19.4. The van der Waals surface area contributed by atoms with Crippen molar-refractivity contribution < 1.29 is 10.2 Å². The quantitative estimate of drug-likeness (QED) is 0.746. The molecule has 2 N–H and O–H groups in total. The zero-order chi connectivity index (χ0) is 22.0. The van der Waals surface area contributed by atoms with Crippen molar-refractivity contribution in [2.45, 2.75) is 96.3 Å². The summed E-state index contributed by atoms with van der Waals surface area (Å²) in [5.41, 5.74) is -0.541. The average Bonchev–Trinajstić information content (AvgIpc) is 3.30. The van der Waals surface area contributed by atoms with Gasteiger partial charge in [0.15, 0.2) is 0 Å². The number of fused-ring (bicyclic) bond motifs is 5. The Hall–Kier alpha value is -1.38. The summed E-state index contributed by atoms with van der Waals surface area (Å²) in [6, 6.07) is 2.13. The second-order valence-corrected chi connectivity index (χ2v) is 12.2. The fourth-order valence-electron chi connectivity index (χ4n) is 9.05. The summed E-state index contributed by atoms with van der Waals surface area (Å²) in [6.07, 6.45) is 13.9. The Morgan fingerprint density at radius 1 is 1.13 bits per heavy atom. The van der Waals surface area contributed by atoms with E-state index in [1.165, 1.54) is 38.5 Å². The normalized spacial score (nSPS) is 46.3. The lowest BCUT2D eigenvalue weighted by Gasteiger charge is -2.58. The van der Waals surface area contributed by atoms with Crippen molar-refractivity contribution in [2.24, 2.45) is 40.9 Å². The molecule has 0 bridgehead atoms. The van der Waals surface area contributed by atoms with Crippen LogP contribution in [0.1, 0.15) is 84.1 Å². The summed E-state index contributed by atoms with van der Waals surface area (Å²) in [5.74, 6) is 4.10. The third kappa shape index (κ3) is 3.55. The first-order valence-corrected chi connectivity index (χ1v) is 12.5. The zero-order valence-electron chi connectivity index (χ0n) is 19.4. The number of nitriles is 1. The molecule has 0 radical (unpaired) electrons. The smallest absolute Gasteiger partial charge is 0.102 e. The van der Waals surface area contributed by atoms with Crippen molar-refractivity contribution in [1.29, 1.82) is 5.26 Å². The predicted octanol–water partition coefficient (Wildman–Crippen LogP) is 4.53. The molecule has 1 aromatic heterocycles. The van der Waals surface area contributed by atoms with Crippen LogP contribution in [0, 0.1) is 52.3 Å². The van der Waals surface area contributed by atoms with Crippen molar-refractivity contribution in [3.63, 3.8) is 0 Å². The third-order valence-corrected chi connectivity index (χ3v) is 10.2. The van der Waals surface area contributed by atoms with Gasteiger partial charge in [-0.05, 0) is 113 Å². The molecule has 0 aromatic carbocycles. The number of hydrogen-bond donors (Lipinski definition) is 2. The third-order valence-electron chi connectivity index (χ3n) is 10.2. The Balaban J connectivity index is 1.33. The van der Waals surface area contributed by atoms with Gasteiger partial charge in [-0.3, -0.25) is 4.68 Å². The second kappa shape index (κ2) is 7.32. The van der Waals surface area contributed by atoms with Gasteiger partial charge in [-0.15, -0.1) is 0 Å². The van der Waals surface area contributed by atoms with E-state index >= 15 is 0 Å². The Labute approximate surface area is 186 Å². The van der Waals surface area contributed by atoms with Gasteiger partial charge in [0, 0.05) is 6.20 Å². The van der Waals surface area contributed by atoms with Crippen LogP contribution in [-0.4, -0.2) is 31.2 Å². The monoisotopic (exact) mass is 425 g/mol. The van der Waals surface area contributed by atoms with E-state index in [4.69, 9.17) is 5.26 Å². The first-order chi connectivity index (χ1) is 14.6. The van der Waals surface area contributed by atoms with Gasteiger partial charge in [-0.2, -0.15) is 10.4 Å². The van der Waals surface area contributed by atoms with Crippen molar-refractivity contribution in [1.82, 2.24) is 9.78 Å². The number of aromatic nitrogens is 2. The van der Waals surface area contributed by atoms with Gasteiger partial charge in [0.1, 0.15) is 6.07 Å². The summed E-state index contributed by atoms with van der Waals surface area (Å²) in [6.45, 7) is 6.94. The SMILES string of the molecule is C[C@@]1(O)CC[C@H]2[C@H](CC[C@@H]3[C@@H]2CC[C@@]2(C)[C@H]3CC[C@@H]2[C@](C)(O)Cn2cc(C#N)cn2)C1. The molecule has 0 amide bonds. The highest BCUT2D eigenvalue weighted by molar-refractivity contribution is 5.21. The Kier molecular flexibility index (Phi) is 5.07. The molecule has 1 aromatic rings. The Bertz CT molecular complexity index is 868. The molecule has 0 unspecified atom stereocenters. The molecule has 1 heterocycles. The van der Waals surface area contributed by atoms with Gasteiger partial charge in [-0.1, -0.05) is 6.92 Å². The Morgan fingerprint density at radius 3 is 2.65 bits per heavy atom. The summed E-state index contributed by atoms with van der Waals surface area (Å²) in [7, 11) is 0. The molecule has 0 saturated heterocycles. The van der Waals surface area contributed by atoms with Gasteiger partial charge in [-0.25, -0.2) is 0 Å². The van der Waals surface area contributed by atoms with Crippen LogP contribution in [0.5, 0.6) is 0 Å². The molecule has 170 valence electrons. The van der Waals surface area contributed by atoms with Crippen LogP contribution >= 0.6 is 0 Å². The number of hydrogen-bond acceptors (Lipinski definition) is 4. The number of aliphatic hydroxyl groups is 2. The van der Waals surface area contributed by atoms with Gasteiger partial charge < -0.3 is 10.2 Å². The molecule has 0 spiro atoms. The van der Waals surface area contributed by atoms with Crippen molar-refractivity contribution in [3.8, 4) is 6.07 Å². The van der Waals surface area contributed by atoms with Gasteiger partial charge in [0.05, 0.1) is 29.5 Å². The molecular formula is C26H39N3O2. The minimum Gasteiger partial charge on any atom is -0.390 e. The van der Waals surface area contributed by atoms with E-state index in [9.17, 15) is 10.2 Å². The van der Waals surface area contributed by atoms with Crippen LogP contribution in [0.3, 0.4) is 0 Å². The van der Waals surface area contributed by atoms with Crippen LogP contribution in [0.25, 0.3) is 0 Å². The maximum atomic E-state index is 11.6. The molecule has 5 heteroatoms. The molecule has 4 aliphatic rings. The van der Waals surface area contributed by atoms with E-state index in [1.54, 1.807) is 17.1 Å². The van der Waals surface area contributed by atoms with E-state index in [1.807, 2.05) is 13.8 Å². The molecule has 4 saturated carbocycles. The largest absolute Gasteiger partial charge is 0.390 e. The van der Waals surface area contributed by atoms with Crippen LogP contribution < -0.4 is 0 Å². The summed E-state index contributed by atoms with van der Waals surface area (Å²) in [4.78, 5) is 0. The molecule has 9 atom stereocenters. The molecule has 0 aliphatic heterocycles. The minimum absolute atomic E-state index is 0.183. The van der Waals surface area contributed by atoms with Crippen molar-refractivity contribution in [2.75, 3.05) is 0 Å². The highest BCUT2D eigenvalue weighted by Crippen LogP contribution is 2.66.